The van der Waals surface area contributed by atoms with Crippen LogP contribution >= 0.6 is 38.5 Å². The third kappa shape index (κ3) is 3.06. The van der Waals surface area contributed by atoms with Gasteiger partial charge in [-0.15, -0.1) is 0 Å². The Morgan fingerprint density at radius 2 is 2.06 bits per heavy atom. The van der Waals surface area contributed by atoms with Crippen molar-refractivity contribution in [3.8, 4) is 0 Å². The van der Waals surface area contributed by atoms with Crippen molar-refractivity contribution >= 4 is 44.3 Å². The van der Waals surface area contributed by atoms with Crippen molar-refractivity contribution in [1.82, 2.24) is 0 Å². The topological polar surface area (TPSA) is 17.1 Å². The first-order chi connectivity index (χ1) is 7.66. The minimum Gasteiger partial charge on any atom is -0.294 e. The molecule has 1 aromatic carbocycles. The highest BCUT2D eigenvalue weighted by Gasteiger charge is 2.20. The summed E-state index contributed by atoms with van der Waals surface area (Å²) in [4.78, 5) is 12.1. The van der Waals surface area contributed by atoms with Crippen molar-refractivity contribution in [1.29, 1.82) is 0 Å². The van der Waals surface area contributed by atoms with Crippen molar-refractivity contribution < 1.29 is 4.79 Å². The molecule has 16 heavy (non-hydrogen) atoms. The van der Waals surface area contributed by atoms with Crippen LogP contribution in [0.15, 0.2) is 22.7 Å². The maximum absolute atomic E-state index is 12.1. The molecule has 1 aromatic rings. The minimum atomic E-state index is 0.303. The summed E-state index contributed by atoms with van der Waals surface area (Å²) in [5, 5.41) is 0. The number of rotatable bonds is 3. The fourth-order valence-corrected chi connectivity index (χ4v) is 3.30. The number of ketones is 1. The summed E-state index contributed by atoms with van der Waals surface area (Å²) in [6, 6.07) is 5.92. The Bertz CT molecular complexity index is 397. The van der Waals surface area contributed by atoms with Crippen molar-refractivity contribution in [2.45, 2.75) is 32.1 Å². The zero-order valence-corrected chi connectivity index (χ0v) is 12.8. The molecule has 0 atom stereocenters. The molecule has 0 radical (unpaired) electrons. The van der Waals surface area contributed by atoms with E-state index in [1.54, 1.807) is 0 Å². The van der Waals surface area contributed by atoms with E-state index in [1.165, 1.54) is 25.7 Å². The molecule has 0 saturated heterocycles. The Kier molecular flexibility index (Phi) is 4.41. The summed E-state index contributed by atoms with van der Waals surface area (Å²) in [7, 11) is 0. The van der Waals surface area contributed by atoms with E-state index in [4.69, 9.17) is 0 Å². The second-order valence-electron chi connectivity index (χ2n) is 4.40. The molecule has 0 spiro atoms. The Labute approximate surface area is 118 Å². The lowest BCUT2D eigenvalue weighted by Gasteiger charge is -2.09. The molecular formula is C13H14BrIO. The van der Waals surface area contributed by atoms with Gasteiger partial charge in [-0.3, -0.25) is 4.79 Å². The molecule has 1 fully saturated rings. The molecule has 0 aliphatic heterocycles. The Morgan fingerprint density at radius 1 is 1.38 bits per heavy atom. The molecule has 1 aliphatic rings. The molecular weight excluding hydrogens is 379 g/mol. The van der Waals surface area contributed by atoms with Gasteiger partial charge in [0, 0.05) is 20.0 Å². The first-order valence-electron chi connectivity index (χ1n) is 5.65. The predicted molar refractivity (Wildman–Crippen MR) is 77.8 cm³/mol. The van der Waals surface area contributed by atoms with Crippen LogP contribution in [0.2, 0.25) is 0 Å². The lowest BCUT2D eigenvalue weighted by Crippen LogP contribution is -2.07. The minimum absolute atomic E-state index is 0.303. The molecule has 0 bridgehead atoms. The highest BCUT2D eigenvalue weighted by molar-refractivity contribution is 14.1. The molecule has 0 heterocycles. The lowest BCUT2D eigenvalue weighted by atomic mass is 9.97. The third-order valence-corrected chi connectivity index (χ3v) is 4.61. The van der Waals surface area contributed by atoms with Gasteiger partial charge in [-0.25, -0.2) is 0 Å². The maximum Gasteiger partial charge on any atom is 0.164 e. The SMILES string of the molecule is O=C(CC1CCCC1)c1cc(Br)ccc1I. The van der Waals surface area contributed by atoms with Crippen molar-refractivity contribution in [3.05, 3.63) is 31.8 Å². The number of hydrogen-bond donors (Lipinski definition) is 0. The fourth-order valence-electron chi connectivity index (χ4n) is 2.30. The summed E-state index contributed by atoms with van der Waals surface area (Å²) >= 11 is 5.66. The van der Waals surface area contributed by atoms with Crippen LogP contribution in [0.4, 0.5) is 0 Å². The van der Waals surface area contributed by atoms with Crippen LogP contribution in [0.1, 0.15) is 42.5 Å². The Morgan fingerprint density at radius 3 is 2.75 bits per heavy atom. The van der Waals surface area contributed by atoms with E-state index in [1.807, 2.05) is 18.2 Å². The maximum atomic E-state index is 12.1. The van der Waals surface area contributed by atoms with Crippen LogP contribution < -0.4 is 0 Å². The molecule has 3 heteroatoms. The quantitative estimate of drug-likeness (QED) is 0.532. The van der Waals surface area contributed by atoms with E-state index < -0.39 is 0 Å². The summed E-state index contributed by atoms with van der Waals surface area (Å²) < 4.78 is 2.05. The fraction of sp³-hybridized carbons (Fsp3) is 0.462. The lowest BCUT2D eigenvalue weighted by molar-refractivity contribution is 0.0961. The number of carbonyl (C=O) groups excluding carboxylic acids is 1. The largest absolute Gasteiger partial charge is 0.294 e. The van der Waals surface area contributed by atoms with Crippen molar-refractivity contribution in [3.63, 3.8) is 0 Å². The molecule has 86 valence electrons. The average Bonchev–Trinajstić information content (AvgIpc) is 2.74. The summed E-state index contributed by atoms with van der Waals surface area (Å²) in [5.74, 6) is 0.930. The Hall–Kier alpha value is 0.1000. The monoisotopic (exact) mass is 392 g/mol. The van der Waals surface area contributed by atoms with E-state index in [2.05, 4.69) is 38.5 Å². The standard InChI is InChI=1S/C13H14BrIO/c14-10-5-6-12(15)11(8-10)13(16)7-9-3-1-2-4-9/h5-6,8-9H,1-4,7H2. The number of benzene rings is 1. The third-order valence-electron chi connectivity index (χ3n) is 3.18. The van der Waals surface area contributed by atoms with E-state index in [0.717, 1.165) is 20.0 Å². The van der Waals surface area contributed by atoms with Gasteiger partial charge in [0.15, 0.2) is 5.78 Å². The number of Topliss-reactive ketones (excluding diaryl/α,β-unsaturated/α-hetero) is 1. The summed E-state index contributed by atoms with van der Waals surface area (Å²) in [6.45, 7) is 0. The normalized spacial score (nSPS) is 16.6. The second kappa shape index (κ2) is 5.63. The van der Waals surface area contributed by atoms with Gasteiger partial charge < -0.3 is 0 Å². The molecule has 0 aromatic heterocycles. The van der Waals surface area contributed by atoms with Gasteiger partial charge in [-0.05, 0) is 46.7 Å². The highest BCUT2D eigenvalue weighted by Crippen LogP contribution is 2.30. The van der Waals surface area contributed by atoms with Gasteiger partial charge in [0.2, 0.25) is 0 Å². The molecule has 0 N–H and O–H groups in total. The van der Waals surface area contributed by atoms with Crippen LogP contribution in [0, 0.1) is 9.49 Å². The van der Waals surface area contributed by atoms with Gasteiger partial charge in [-0.2, -0.15) is 0 Å². The van der Waals surface area contributed by atoms with Gasteiger partial charge in [0.1, 0.15) is 0 Å². The molecule has 1 nitrogen and oxygen atoms in total. The highest BCUT2D eigenvalue weighted by atomic mass is 127. The zero-order valence-electron chi connectivity index (χ0n) is 9.01. The molecule has 1 aliphatic carbocycles. The molecule has 1 saturated carbocycles. The van der Waals surface area contributed by atoms with Crippen LogP contribution in [0.3, 0.4) is 0 Å². The first kappa shape index (κ1) is 12.6. The van der Waals surface area contributed by atoms with E-state index in [0.29, 0.717) is 11.7 Å². The zero-order chi connectivity index (χ0) is 11.5. The van der Waals surface area contributed by atoms with Crippen molar-refractivity contribution in [2.24, 2.45) is 5.92 Å². The van der Waals surface area contributed by atoms with Crippen LogP contribution in [-0.2, 0) is 0 Å². The number of hydrogen-bond acceptors (Lipinski definition) is 1. The van der Waals surface area contributed by atoms with E-state index in [-0.39, 0.29) is 0 Å². The number of halogens is 2. The van der Waals surface area contributed by atoms with E-state index >= 15 is 0 Å². The van der Waals surface area contributed by atoms with E-state index in [9.17, 15) is 4.79 Å². The second-order valence-corrected chi connectivity index (χ2v) is 6.48. The van der Waals surface area contributed by atoms with Crippen LogP contribution in [-0.4, -0.2) is 5.78 Å². The van der Waals surface area contributed by atoms with Gasteiger partial charge >= 0.3 is 0 Å². The van der Waals surface area contributed by atoms with Gasteiger partial charge in [0.25, 0.3) is 0 Å². The first-order valence-corrected chi connectivity index (χ1v) is 7.52. The smallest absolute Gasteiger partial charge is 0.164 e. The molecule has 2 rings (SSSR count). The predicted octanol–water partition coefficient (Wildman–Crippen LogP) is 4.82. The Balaban J connectivity index is 2.10. The van der Waals surface area contributed by atoms with Crippen LogP contribution in [0.5, 0.6) is 0 Å². The van der Waals surface area contributed by atoms with Gasteiger partial charge in [-0.1, -0.05) is 41.6 Å². The molecule has 0 amide bonds. The molecule has 0 unspecified atom stereocenters. The summed E-state index contributed by atoms with van der Waals surface area (Å²) in [6.07, 6.45) is 5.79. The number of carbonyl (C=O) groups is 1. The summed E-state index contributed by atoms with van der Waals surface area (Å²) in [5.41, 5.74) is 0.877. The average molecular weight is 393 g/mol. The van der Waals surface area contributed by atoms with Crippen molar-refractivity contribution in [2.75, 3.05) is 0 Å². The van der Waals surface area contributed by atoms with Crippen LogP contribution in [0.25, 0.3) is 0 Å². The van der Waals surface area contributed by atoms with Gasteiger partial charge in [0.05, 0.1) is 0 Å².